The Kier molecular flexibility index (Phi) is 9.17. The highest BCUT2D eigenvalue weighted by molar-refractivity contribution is 7.22. The van der Waals surface area contributed by atoms with Gasteiger partial charge in [-0.15, -0.1) is 0 Å². The molecule has 0 spiro atoms. The first-order valence-electron chi connectivity index (χ1n) is 15.9. The van der Waals surface area contributed by atoms with Crippen molar-refractivity contribution < 1.29 is 33.6 Å². The van der Waals surface area contributed by atoms with Crippen LogP contribution in [0.1, 0.15) is 69.7 Å². The van der Waals surface area contributed by atoms with Gasteiger partial charge >= 0.3 is 5.91 Å². The summed E-state index contributed by atoms with van der Waals surface area (Å²) in [4.78, 5) is 33.9. The molecule has 2 aliphatic rings. The number of carbonyl (C=O) groups is 2. The van der Waals surface area contributed by atoms with E-state index in [0.717, 1.165) is 35.3 Å². The molecule has 1 amide bonds. The lowest BCUT2D eigenvalue weighted by atomic mass is 9.94. The first-order chi connectivity index (χ1) is 22.3. The third-order valence-electron chi connectivity index (χ3n) is 8.07. The maximum Gasteiger partial charge on any atom is 0.301 e. The average molecular weight is 643 g/mol. The number of aromatic nitrogens is 1. The molecule has 1 N–H and O–H groups in total. The van der Waals surface area contributed by atoms with E-state index in [-0.39, 0.29) is 17.4 Å². The average Bonchev–Trinajstić information content (AvgIpc) is 3.71. The van der Waals surface area contributed by atoms with Crippen LogP contribution in [0.2, 0.25) is 0 Å². The summed E-state index contributed by atoms with van der Waals surface area (Å²) in [6.45, 7) is 9.36. The van der Waals surface area contributed by atoms with Crippen LogP contribution in [-0.4, -0.2) is 47.7 Å². The van der Waals surface area contributed by atoms with Crippen molar-refractivity contribution in [3.05, 3.63) is 76.9 Å². The van der Waals surface area contributed by atoms with E-state index in [1.165, 1.54) is 16.2 Å². The standard InChI is InChI=1S/C36H38N2O7S/c1-5-8-9-16-44-28-15-10-22(19-29(28)43-7-3)32-31(33(39)23-11-14-27-24(18-23)17-21(4)45-27)34(40)35(41)38(32)36-37-26-13-12-25(42-6-2)20-30(26)46-36/h10-15,18-21,32,39H,5-9,16-17H2,1-4H3/t21-,32+/m0/s1. The number of hydrogen-bond donors (Lipinski definition) is 1. The molecule has 4 aromatic rings. The van der Waals surface area contributed by atoms with Crippen molar-refractivity contribution in [3.63, 3.8) is 0 Å². The van der Waals surface area contributed by atoms with E-state index in [4.69, 9.17) is 23.9 Å². The molecule has 0 saturated carbocycles. The second-order valence-electron chi connectivity index (χ2n) is 11.4. The van der Waals surface area contributed by atoms with Crippen molar-refractivity contribution in [1.82, 2.24) is 4.98 Å². The largest absolute Gasteiger partial charge is 0.507 e. The fraction of sp³-hybridized carbons (Fsp3) is 0.361. The number of amides is 1. The second kappa shape index (κ2) is 13.4. The Morgan fingerprint density at radius 3 is 2.59 bits per heavy atom. The van der Waals surface area contributed by atoms with Gasteiger partial charge in [0.25, 0.3) is 5.78 Å². The highest BCUT2D eigenvalue weighted by Crippen LogP contribution is 2.46. The van der Waals surface area contributed by atoms with Gasteiger partial charge in [-0.2, -0.15) is 0 Å². The van der Waals surface area contributed by atoms with Crippen LogP contribution < -0.4 is 23.8 Å². The van der Waals surface area contributed by atoms with Crippen LogP contribution >= 0.6 is 11.3 Å². The number of hydrogen-bond acceptors (Lipinski definition) is 9. The van der Waals surface area contributed by atoms with Gasteiger partial charge in [-0.1, -0.05) is 37.2 Å². The quantitative estimate of drug-likeness (QED) is 0.0728. The number of ketones is 1. The predicted molar refractivity (Wildman–Crippen MR) is 178 cm³/mol. The minimum atomic E-state index is -0.969. The van der Waals surface area contributed by atoms with Crippen LogP contribution in [-0.2, 0) is 16.0 Å². The molecule has 0 unspecified atom stereocenters. The summed E-state index contributed by atoms with van der Waals surface area (Å²) in [5.74, 6) is 0.691. The van der Waals surface area contributed by atoms with Gasteiger partial charge < -0.3 is 24.1 Å². The normalized spacial score (nSPS) is 18.6. The molecule has 240 valence electrons. The minimum absolute atomic E-state index is 0.0138. The molecule has 9 nitrogen and oxygen atoms in total. The van der Waals surface area contributed by atoms with Gasteiger partial charge in [-0.3, -0.25) is 14.5 Å². The number of ether oxygens (including phenoxy) is 4. The molecule has 2 atom stereocenters. The van der Waals surface area contributed by atoms with Crippen LogP contribution in [0.25, 0.3) is 16.0 Å². The summed E-state index contributed by atoms with van der Waals surface area (Å²) >= 11 is 1.28. The zero-order valence-electron chi connectivity index (χ0n) is 26.5. The van der Waals surface area contributed by atoms with Crippen molar-refractivity contribution >= 4 is 44.1 Å². The fourth-order valence-corrected chi connectivity index (χ4v) is 6.96. The van der Waals surface area contributed by atoms with E-state index >= 15 is 0 Å². The van der Waals surface area contributed by atoms with E-state index in [0.29, 0.717) is 65.3 Å². The number of rotatable bonds is 12. The Morgan fingerprint density at radius 1 is 0.978 bits per heavy atom. The monoisotopic (exact) mass is 642 g/mol. The molecule has 1 saturated heterocycles. The Bertz CT molecular complexity index is 1810. The lowest BCUT2D eigenvalue weighted by Crippen LogP contribution is -2.29. The zero-order chi connectivity index (χ0) is 32.4. The van der Waals surface area contributed by atoms with E-state index in [2.05, 4.69) is 6.92 Å². The highest BCUT2D eigenvalue weighted by Gasteiger charge is 2.48. The number of unbranched alkanes of at least 4 members (excludes halogenated alkanes) is 2. The van der Waals surface area contributed by atoms with Gasteiger partial charge in [0.1, 0.15) is 23.4 Å². The van der Waals surface area contributed by atoms with E-state index in [1.807, 2.05) is 51.1 Å². The molecule has 0 bridgehead atoms. The van der Waals surface area contributed by atoms with Crippen molar-refractivity contribution in [2.45, 2.75) is 65.5 Å². The molecule has 46 heavy (non-hydrogen) atoms. The first-order valence-corrected chi connectivity index (χ1v) is 16.7. The topological polar surface area (TPSA) is 107 Å². The number of fused-ring (bicyclic) bond motifs is 2. The third-order valence-corrected chi connectivity index (χ3v) is 9.09. The Balaban J connectivity index is 1.48. The summed E-state index contributed by atoms with van der Waals surface area (Å²) < 4.78 is 24.4. The maximum atomic E-state index is 13.9. The third kappa shape index (κ3) is 6.01. The molecule has 1 aromatic heterocycles. The second-order valence-corrected chi connectivity index (χ2v) is 12.4. The lowest BCUT2D eigenvalue weighted by molar-refractivity contribution is -0.132. The Labute approximate surface area is 272 Å². The van der Waals surface area contributed by atoms with Crippen LogP contribution in [0, 0.1) is 0 Å². The maximum absolute atomic E-state index is 13.9. The summed E-state index contributed by atoms with van der Waals surface area (Å²) in [6.07, 6.45) is 3.74. The van der Waals surface area contributed by atoms with Crippen molar-refractivity contribution in [3.8, 4) is 23.0 Å². The predicted octanol–water partition coefficient (Wildman–Crippen LogP) is 7.61. The molecule has 0 radical (unpaired) electrons. The number of aliphatic hydroxyl groups excluding tert-OH is 1. The molecule has 10 heteroatoms. The van der Waals surface area contributed by atoms with E-state index in [9.17, 15) is 14.7 Å². The van der Waals surface area contributed by atoms with Gasteiger partial charge in [0.05, 0.1) is 41.7 Å². The first kappa shape index (κ1) is 31.4. The molecule has 6 rings (SSSR count). The number of thiazole rings is 1. The van der Waals surface area contributed by atoms with Crippen LogP contribution in [0.15, 0.2) is 60.2 Å². The Morgan fingerprint density at radius 2 is 1.80 bits per heavy atom. The smallest absolute Gasteiger partial charge is 0.301 e. The van der Waals surface area contributed by atoms with Crippen molar-refractivity contribution in [1.29, 1.82) is 0 Å². The zero-order valence-corrected chi connectivity index (χ0v) is 27.3. The molecule has 3 heterocycles. The Hall–Kier alpha value is -4.57. The van der Waals surface area contributed by atoms with Gasteiger partial charge in [0, 0.05) is 12.0 Å². The van der Waals surface area contributed by atoms with Crippen LogP contribution in [0.5, 0.6) is 23.0 Å². The van der Waals surface area contributed by atoms with Gasteiger partial charge in [0.15, 0.2) is 16.6 Å². The number of benzene rings is 3. The molecule has 2 aliphatic heterocycles. The SMILES string of the molecule is CCCCCOc1ccc([C@@H]2C(=C(O)c3ccc4c(c3)C[C@H](C)O4)C(=O)C(=O)N2c2nc3ccc(OCC)cc3s2)cc1OCC. The van der Waals surface area contributed by atoms with Crippen molar-refractivity contribution in [2.24, 2.45) is 0 Å². The van der Waals surface area contributed by atoms with Crippen LogP contribution in [0.4, 0.5) is 5.13 Å². The molecule has 1 fully saturated rings. The highest BCUT2D eigenvalue weighted by atomic mass is 32.1. The summed E-state index contributed by atoms with van der Waals surface area (Å²) in [6, 6.07) is 15.3. The molecule has 0 aliphatic carbocycles. The number of Topliss-reactive ketones (excluding diaryl/α,β-unsaturated/α-hetero) is 1. The van der Waals surface area contributed by atoms with Gasteiger partial charge in [-0.25, -0.2) is 4.98 Å². The number of nitrogens with zero attached hydrogens (tertiary/aromatic N) is 2. The molecular weight excluding hydrogens is 604 g/mol. The van der Waals surface area contributed by atoms with Gasteiger partial charge in [-0.05, 0) is 86.8 Å². The summed E-state index contributed by atoms with van der Waals surface area (Å²) in [5.41, 5.74) is 2.60. The number of anilines is 1. The van der Waals surface area contributed by atoms with E-state index in [1.54, 1.807) is 24.3 Å². The molecule has 3 aromatic carbocycles. The van der Waals surface area contributed by atoms with Gasteiger partial charge in [0.2, 0.25) is 0 Å². The summed E-state index contributed by atoms with van der Waals surface area (Å²) in [5, 5.41) is 12.1. The number of aliphatic hydroxyl groups is 1. The fourth-order valence-electron chi connectivity index (χ4n) is 5.94. The van der Waals surface area contributed by atoms with E-state index < -0.39 is 17.7 Å². The molecular formula is C36H38N2O7S. The van der Waals surface area contributed by atoms with Crippen LogP contribution in [0.3, 0.4) is 0 Å². The lowest BCUT2D eigenvalue weighted by Gasteiger charge is -2.24. The summed E-state index contributed by atoms with van der Waals surface area (Å²) in [7, 11) is 0. The minimum Gasteiger partial charge on any atom is -0.507 e. The number of carbonyl (C=O) groups excluding carboxylic acids is 2. The van der Waals surface area contributed by atoms with Crippen molar-refractivity contribution in [2.75, 3.05) is 24.7 Å².